The van der Waals surface area contributed by atoms with Gasteiger partial charge in [-0.1, -0.05) is 60.7 Å². The average molecular weight is 457 g/mol. The third kappa shape index (κ3) is 5.61. The van der Waals surface area contributed by atoms with Crippen LogP contribution in [0.1, 0.15) is 22.8 Å². The van der Waals surface area contributed by atoms with Crippen LogP contribution in [0.5, 0.6) is 0 Å². The van der Waals surface area contributed by atoms with E-state index < -0.39 is 6.04 Å². The molecule has 0 saturated carbocycles. The Bertz CT molecular complexity index is 1150. The van der Waals surface area contributed by atoms with E-state index in [4.69, 9.17) is 0 Å². The van der Waals surface area contributed by atoms with Crippen LogP contribution in [-0.4, -0.2) is 48.4 Å². The fourth-order valence-electron chi connectivity index (χ4n) is 4.01. The molecule has 3 aromatic carbocycles. The predicted octanol–water partition coefficient (Wildman–Crippen LogP) is 3.29. The monoisotopic (exact) mass is 456 g/mol. The van der Waals surface area contributed by atoms with Crippen LogP contribution in [0.2, 0.25) is 0 Å². The van der Waals surface area contributed by atoms with Gasteiger partial charge in [0.15, 0.2) is 0 Å². The fourth-order valence-corrected chi connectivity index (χ4v) is 4.01. The third-order valence-corrected chi connectivity index (χ3v) is 5.87. The highest BCUT2D eigenvalue weighted by atomic mass is 16.2. The van der Waals surface area contributed by atoms with Gasteiger partial charge in [-0.15, -0.1) is 0 Å². The van der Waals surface area contributed by atoms with Crippen LogP contribution in [0.15, 0.2) is 84.9 Å². The first-order valence-corrected chi connectivity index (χ1v) is 11.3. The van der Waals surface area contributed by atoms with Crippen molar-refractivity contribution in [3.05, 3.63) is 96.1 Å². The van der Waals surface area contributed by atoms with E-state index in [2.05, 4.69) is 15.5 Å². The van der Waals surface area contributed by atoms with Crippen LogP contribution in [0, 0.1) is 0 Å². The lowest BCUT2D eigenvalue weighted by Gasteiger charge is -2.24. The summed E-state index contributed by atoms with van der Waals surface area (Å²) in [7, 11) is 0. The number of carbonyl (C=O) groups is 3. The van der Waals surface area contributed by atoms with Gasteiger partial charge in [0, 0.05) is 32.0 Å². The maximum absolute atomic E-state index is 13.4. The van der Waals surface area contributed by atoms with Gasteiger partial charge in [-0.25, -0.2) is 0 Å². The van der Waals surface area contributed by atoms with E-state index in [1.165, 1.54) is 0 Å². The van der Waals surface area contributed by atoms with Crippen molar-refractivity contribution < 1.29 is 14.4 Å². The maximum atomic E-state index is 13.4. The van der Waals surface area contributed by atoms with Gasteiger partial charge in [0.2, 0.25) is 11.8 Å². The average Bonchev–Trinajstić information content (AvgIpc) is 3.36. The number of nitrogens with zero attached hydrogens (tertiary/aromatic N) is 2. The molecule has 1 fully saturated rings. The van der Waals surface area contributed by atoms with Crippen molar-refractivity contribution in [2.45, 2.75) is 19.4 Å². The number of rotatable bonds is 7. The lowest BCUT2D eigenvalue weighted by molar-refractivity contribution is -0.127. The SMILES string of the molecule is CC(=O)N1CCN(c2ccccc2NC(=O)C(Cc2ccccc2)NC(=O)c2ccccc2)C1. The molecule has 3 amide bonds. The fraction of sp³-hybridized carbons (Fsp3) is 0.222. The van der Waals surface area contributed by atoms with Crippen molar-refractivity contribution in [3.63, 3.8) is 0 Å². The minimum atomic E-state index is -0.768. The van der Waals surface area contributed by atoms with Crippen LogP contribution in [-0.2, 0) is 16.0 Å². The predicted molar refractivity (Wildman–Crippen MR) is 133 cm³/mol. The molecule has 1 unspecified atom stereocenters. The van der Waals surface area contributed by atoms with Gasteiger partial charge in [-0.2, -0.15) is 0 Å². The van der Waals surface area contributed by atoms with Gasteiger partial charge < -0.3 is 20.4 Å². The topological polar surface area (TPSA) is 81.8 Å². The summed E-state index contributed by atoms with van der Waals surface area (Å²) in [4.78, 5) is 41.8. The molecule has 0 bridgehead atoms. The molecule has 1 heterocycles. The van der Waals surface area contributed by atoms with E-state index >= 15 is 0 Å². The van der Waals surface area contributed by atoms with Crippen molar-refractivity contribution >= 4 is 29.1 Å². The molecule has 1 aliphatic rings. The van der Waals surface area contributed by atoms with E-state index in [-0.39, 0.29) is 17.7 Å². The molecule has 174 valence electrons. The highest BCUT2D eigenvalue weighted by molar-refractivity contribution is 6.02. The Morgan fingerprint density at radius 3 is 2.18 bits per heavy atom. The first-order valence-electron chi connectivity index (χ1n) is 11.3. The summed E-state index contributed by atoms with van der Waals surface area (Å²) in [6, 6.07) is 25.2. The van der Waals surface area contributed by atoms with Crippen molar-refractivity contribution in [2.24, 2.45) is 0 Å². The Labute approximate surface area is 199 Å². The van der Waals surface area contributed by atoms with Crippen molar-refractivity contribution in [1.29, 1.82) is 0 Å². The van der Waals surface area contributed by atoms with E-state index in [9.17, 15) is 14.4 Å². The second-order valence-electron chi connectivity index (χ2n) is 8.28. The number of benzene rings is 3. The quantitative estimate of drug-likeness (QED) is 0.572. The molecule has 4 rings (SSSR count). The van der Waals surface area contributed by atoms with Gasteiger partial charge >= 0.3 is 0 Å². The van der Waals surface area contributed by atoms with E-state index in [1.807, 2.05) is 60.7 Å². The second kappa shape index (κ2) is 10.7. The van der Waals surface area contributed by atoms with Crippen molar-refractivity contribution in [1.82, 2.24) is 10.2 Å². The zero-order valence-corrected chi connectivity index (χ0v) is 19.1. The van der Waals surface area contributed by atoms with Gasteiger partial charge in [-0.05, 0) is 29.8 Å². The highest BCUT2D eigenvalue weighted by Crippen LogP contribution is 2.28. The summed E-state index contributed by atoms with van der Waals surface area (Å²) >= 11 is 0. The first kappa shape index (κ1) is 23.0. The third-order valence-electron chi connectivity index (χ3n) is 5.87. The Morgan fingerprint density at radius 2 is 1.50 bits per heavy atom. The van der Waals surface area contributed by atoms with Gasteiger partial charge in [0.1, 0.15) is 6.04 Å². The lowest BCUT2D eigenvalue weighted by Crippen LogP contribution is -2.45. The molecule has 7 heteroatoms. The standard InChI is InChI=1S/C27H28N4O3/c1-20(32)30-16-17-31(19-30)25-15-9-8-14-23(25)28-27(34)24(18-21-10-4-2-5-11-21)29-26(33)22-12-6-3-7-13-22/h2-15,24H,16-19H2,1H3,(H,28,34)(H,29,33). The van der Waals surface area contributed by atoms with E-state index in [0.717, 1.165) is 11.3 Å². The molecule has 34 heavy (non-hydrogen) atoms. The number of carbonyl (C=O) groups excluding carboxylic acids is 3. The number of nitrogens with one attached hydrogen (secondary N) is 2. The number of anilines is 2. The summed E-state index contributed by atoms with van der Waals surface area (Å²) in [5.41, 5.74) is 2.92. The summed E-state index contributed by atoms with van der Waals surface area (Å²) < 4.78 is 0. The number of para-hydroxylation sites is 2. The molecule has 2 N–H and O–H groups in total. The number of amides is 3. The molecular formula is C27H28N4O3. The van der Waals surface area contributed by atoms with Crippen LogP contribution < -0.4 is 15.5 Å². The van der Waals surface area contributed by atoms with Crippen LogP contribution >= 0.6 is 0 Å². The molecule has 1 aliphatic heterocycles. The summed E-state index contributed by atoms with van der Waals surface area (Å²) in [6.07, 6.45) is 0.356. The van der Waals surface area contributed by atoms with E-state index in [1.54, 1.807) is 36.1 Å². The largest absolute Gasteiger partial charge is 0.350 e. The number of hydrogen-bond donors (Lipinski definition) is 2. The molecule has 0 aromatic heterocycles. The van der Waals surface area contributed by atoms with Crippen LogP contribution in [0.4, 0.5) is 11.4 Å². The normalized spacial score (nSPS) is 13.9. The summed E-state index contributed by atoms with van der Waals surface area (Å²) in [5.74, 6) is -0.583. The van der Waals surface area contributed by atoms with E-state index in [0.29, 0.717) is 37.4 Å². The summed E-state index contributed by atoms with van der Waals surface area (Å²) in [6.45, 7) is 3.35. The number of hydrogen-bond acceptors (Lipinski definition) is 4. The zero-order chi connectivity index (χ0) is 23.9. The zero-order valence-electron chi connectivity index (χ0n) is 19.1. The molecule has 0 spiro atoms. The van der Waals surface area contributed by atoms with Crippen LogP contribution in [0.3, 0.4) is 0 Å². The summed E-state index contributed by atoms with van der Waals surface area (Å²) in [5, 5.41) is 5.91. The Kier molecular flexibility index (Phi) is 7.22. The maximum Gasteiger partial charge on any atom is 0.251 e. The Morgan fingerprint density at radius 1 is 0.853 bits per heavy atom. The first-order chi connectivity index (χ1) is 16.5. The van der Waals surface area contributed by atoms with Gasteiger partial charge in [0.05, 0.1) is 18.0 Å². The molecule has 7 nitrogen and oxygen atoms in total. The highest BCUT2D eigenvalue weighted by Gasteiger charge is 2.26. The van der Waals surface area contributed by atoms with Gasteiger partial charge in [0.25, 0.3) is 5.91 Å². The molecule has 3 aromatic rings. The minimum Gasteiger partial charge on any atom is -0.350 e. The molecule has 1 atom stereocenters. The van der Waals surface area contributed by atoms with Crippen molar-refractivity contribution in [3.8, 4) is 0 Å². The second-order valence-corrected chi connectivity index (χ2v) is 8.28. The molecule has 0 aliphatic carbocycles. The van der Waals surface area contributed by atoms with Crippen LogP contribution in [0.25, 0.3) is 0 Å². The Balaban J connectivity index is 1.54. The molecule has 0 radical (unpaired) electrons. The van der Waals surface area contributed by atoms with Crippen molar-refractivity contribution in [2.75, 3.05) is 30.0 Å². The molecule has 1 saturated heterocycles. The molecular weight excluding hydrogens is 428 g/mol. The smallest absolute Gasteiger partial charge is 0.251 e. The lowest BCUT2D eigenvalue weighted by atomic mass is 10.0. The van der Waals surface area contributed by atoms with Gasteiger partial charge in [-0.3, -0.25) is 14.4 Å². The minimum absolute atomic E-state index is 0.0237. The Hall–Kier alpha value is -4.13.